The molecule has 0 amide bonds. The molecule has 0 spiro atoms. The molecule has 0 saturated heterocycles. The van der Waals surface area contributed by atoms with Gasteiger partial charge in [-0.3, -0.25) is 9.59 Å². The Balaban J connectivity index is 1.84. The first kappa shape index (κ1) is 20.0. The van der Waals surface area contributed by atoms with Crippen molar-refractivity contribution in [1.29, 1.82) is 0 Å². The molecule has 3 unspecified atom stereocenters. The Morgan fingerprint density at radius 2 is 2.00 bits per heavy atom. The summed E-state index contributed by atoms with van der Waals surface area (Å²) in [6.07, 6.45) is 5.18. The third-order valence-corrected chi connectivity index (χ3v) is 8.97. The van der Waals surface area contributed by atoms with Gasteiger partial charge in [0.05, 0.1) is 6.10 Å². The Kier molecular flexibility index (Phi) is 4.17. The van der Waals surface area contributed by atoms with Crippen LogP contribution in [0, 0.1) is 28.6 Å². The van der Waals surface area contributed by atoms with Crippen LogP contribution in [0.3, 0.4) is 0 Å². The van der Waals surface area contributed by atoms with E-state index < -0.39 is 34.1 Å². The fourth-order valence-corrected chi connectivity index (χ4v) is 7.41. The first-order valence-electron chi connectivity index (χ1n) is 10.5. The van der Waals surface area contributed by atoms with Crippen LogP contribution < -0.4 is 0 Å². The van der Waals surface area contributed by atoms with Gasteiger partial charge in [-0.25, -0.2) is 4.39 Å². The number of rotatable bonds is 2. The van der Waals surface area contributed by atoms with Crippen molar-refractivity contribution in [3.63, 3.8) is 0 Å². The molecule has 4 aliphatic rings. The minimum atomic E-state index is -1.92. The van der Waals surface area contributed by atoms with Crippen molar-refractivity contribution in [2.45, 2.75) is 77.2 Å². The largest absolute Gasteiger partial charge is 0.390 e. The maximum atomic E-state index is 16.9. The normalized spacial score (nSPS) is 52.5. The molecular weight excluding hydrogens is 359 g/mol. The number of fused-ring (bicyclic) bond motifs is 5. The number of halogens is 1. The van der Waals surface area contributed by atoms with E-state index >= 15 is 4.39 Å². The summed E-state index contributed by atoms with van der Waals surface area (Å²) >= 11 is 0. The van der Waals surface area contributed by atoms with Crippen molar-refractivity contribution < 1.29 is 24.2 Å². The molecule has 5 heteroatoms. The Morgan fingerprint density at radius 3 is 2.64 bits per heavy atom. The second-order valence-corrected chi connectivity index (χ2v) is 9.94. The summed E-state index contributed by atoms with van der Waals surface area (Å²) in [4.78, 5) is 24.7. The standard InChI is InChI=1S/C23H31FO4/c1-5-18(26)23(28)13(2)10-17-16-7-6-14-11-15(25)8-9-20(14,3)22(16,24)19(27)12-21(17,23)4/h8-9,11,13,16-17,19,27-28H,5-7,10,12H2,1-4H3/t13-,16?,17?,19?,20+,21+,22+,23+/m1/s1. The van der Waals surface area contributed by atoms with Gasteiger partial charge in [0.15, 0.2) is 17.2 Å². The quantitative estimate of drug-likeness (QED) is 0.759. The molecule has 154 valence electrons. The summed E-state index contributed by atoms with van der Waals surface area (Å²) in [6, 6.07) is 0. The van der Waals surface area contributed by atoms with E-state index in [-0.39, 0.29) is 36.2 Å². The van der Waals surface area contributed by atoms with Gasteiger partial charge in [0.25, 0.3) is 0 Å². The summed E-state index contributed by atoms with van der Waals surface area (Å²) < 4.78 is 16.9. The van der Waals surface area contributed by atoms with Gasteiger partial charge in [-0.05, 0) is 56.6 Å². The number of aliphatic hydroxyl groups excluding tert-OH is 1. The first-order chi connectivity index (χ1) is 13.0. The van der Waals surface area contributed by atoms with Crippen molar-refractivity contribution in [2.24, 2.45) is 28.6 Å². The smallest absolute Gasteiger partial charge is 0.178 e. The number of hydrogen-bond donors (Lipinski definition) is 2. The molecular formula is C23H31FO4. The highest BCUT2D eigenvalue weighted by atomic mass is 19.1. The number of hydrogen-bond acceptors (Lipinski definition) is 4. The average Bonchev–Trinajstić information content (AvgIpc) is 2.84. The Bertz CT molecular complexity index is 802. The van der Waals surface area contributed by atoms with E-state index in [0.29, 0.717) is 19.3 Å². The number of alkyl halides is 1. The van der Waals surface area contributed by atoms with E-state index in [4.69, 9.17) is 0 Å². The van der Waals surface area contributed by atoms with Gasteiger partial charge in [-0.15, -0.1) is 0 Å². The average molecular weight is 390 g/mol. The molecule has 0 heterocycles. The van der Waals surface area contributed by atoms with Crippen molar-refractivity contribution in [3.8, 4) is 0 Å². The Morgan fingerprint density at radius 1 is 1.32 bits per heavy atom. The van der Waals surface area contributed by atoms with Crippen LogP contribution in [-0.2, 0) is 9.59 Å². The predicted molar refractivity (Wildman–Crippen MR) is 103 cm³/mol. The molecule has 0 aromatic carbocycles. The van der Waals surface area contributed by atoms with Crippen LogP contribution in [0.1, 0.15) is 59.8 Å². The minimum absolute atomic E-state index is 0.0436. The summed E-state index contributed by atoms with van der Waals surface area (Å²) in [5.74, 6) is -1.29. The van der Waals surface area contributed by atoms with Gasteiger partial charge < -0.3 is 10.2 Å². The lowest BCUT2D eigenvalue weighted by atomic mass is 9.44. The highest BCUT2D eigenvalue weighted by Crippen LogP contribution is 2.70. The summed E-state index contributed by atoms with van der Waals surface area (Å²) in [7, 11) is 0. The van der Waals surface area contributed by atoms with Crippen LogP contribution in [-0.4, -0.2) is 39.2 Å². The van der Waals surface area contributed by atoms with Crippen LogP contribution >= 0.6 is 0 Å². The highest BCUT2D eigenvalue weighted by Gasteiger charge is 2.75. The molecule has 0 bridgehead atoms. The van der Waals surface area contributed by atoms with E-state index in [0.717, 1.165) is 5.57 Å². The van der Waals surface area contributed by atoms with Crippen molar-refractivity contribution in [1.82, 2.24) is 0 Å². The van der Waals surface area contributed by atoms with Gasteiger partial charge in [-0.2, -0.15) is 0 Å². The van der Waals surface area contributed by atoms with E-state index in [2.05, 4.69) is 0 Å². The first-order valence-corrected chi connectivity index (χ1v) is 10.5. The number of carbonyl (C=O) groups excluding carboxylic acids is 2. The fourth-order valence-electron chi connectivity index (χ4n) is 7.41. The van der Waals surface area contributed by atoms with E-state index in [1.54, 1.807) is 19.9 Å². The molecule has 0 aliphatic heterocycles. The summed E-state index contributed by atoms with van der Waals surface area (Å²) in [6.45, 7) is 7.26. The van der Waals surface area contributed by atoms with Gasteiger partial charge in [0.1, 0.15) is 5.60 Å². The molecule has 4 aliphatic carbocycles. The number of Topliss-reactive ketones (excluding diaryl/α,β-unsaturated/α-hetero) is 1. The number of carbonyl (C=O) groups is 2. The van der Waals surface area contributed by atoms with E-state index in [1.165, 1.54) is 12.2 Å². The van der Waals surface area contributed by atoms with Gasteiger partial charge in [0, 0.05) is 23.2 Å². The maximum Gasteiger partial charge on any atom is 0.178 e. The second-order valence-electron chi connectivity index (χ2n) is 9.94. The van der Waals surface area contributed by atoms with Crippen LogP contribution in [0.25, 0.3) is 0 Å². The Hall–Kier alpha value is -1.33. The molecule has 4 rings (SSSR count). The van der Waals surface area contributed by atoms with Crippen LogP contribution in [0.15, 0.2) is 23.8 Å². The Labute approximate surface area is 165 Å². The monoisotopic (exact) mass is 390 g/mol. The van der Waals surface area contributed by atoms with Crippen molar-refractivity contribution in [3.05, 3.63) is 23.8 Å². The zero-order valence-corrected chi connectivity index (χ0v) is 17.2. The lowest BCUT2D eigenvalue weighted by Crippen LogP contribution is -2.69. The van der Waals surface area contributed by atoms with Crippen LogP contribution in [0.4, 0.5) is 4.39 Å². The molecule has 28 heavy (non-hydrogen) atoms. The van der Waals surface area contributed by atoms with Crippen molar-refractivity contribution >= 4 is 11.6 Å². The van der Waals surface area contributed by atoms with Gasteiger partial charge >= 0.3 is 0 Å². The molecule has 0 radical (unpaired) electrons. The lowest BCUT2D eigenvalue weighted by molar-refractivity contribution is -0.218. The van der Waals surface area contributed by atoms with E-state index in [1.807, 2.05) is 13.8 Å². The topological polar surface area (TPSA) is 74.6 Å². The number of ketones is 2. The highest BCUT2D eigenvalue weighted by molar-refractivity contribution is 6.01. The molecule has 8 atom stereocenters. The maximum absolute atomic E-state index is 16.9. The summed E-state index contributed by atoms with van der Waals surface area (Å²) in [5.41, 5.74) is -4.61. The SMILES string of the molecule is CCC(=O)[C@@]1(O)[C@H](C)CC2C3CCC4=CC(=O)C=C[C@]4(C)[C@@]3(F)C(O)C[C@@]21C. The molecule has 3 fully saturated rings. The fraction of sp³-hybridized carbons (Fsp3) is 0.739. The lowest BCUT2D eigenvalue weighted by Gasteiger charge is -2.62. The number of aliphatic hydroxyl groups is 2. The van der Waals surface area contributed by atoms with Gasteiger partial charge in [0.2, 0.25) is 0 Å². The van der Waals surface area contributed by atoms with Crippen LogP contribution in [0.5, 0.6) is 0 Å². The number of allylic oxidation sites excluding steroid dienone is 4. The third-order valence-electron chi connectivity index (χ3n) is 8.97. The molecule has 0 aromatic rings. The van der Waals surface area contributed by atoms with E-state index in [9.17, 15) is 19.8 Å². The molecule has 0 aromatic heterocycles. The summed E-state index contributed by atoms with van der Waals surface area (Å²) in [5, 5.41) is 22.7. The minimum Gasteiger partial charge on any atom is -0.390 e. The zero-order valence-electron chi connectivity index (χ0n) is 17.2. The van der Waals surface area contributed by atoms with Gasteiger partial charge in [-0.1, -0.05) is 32.4 Å². The molecule has 3 saturated carbocycles. The molecule has 4 nitrogen and oxygen atoms in total. The third kappa shape index (κ3) is 2.02. The van der Waals surface area contributed by atoms with Crippen molar-refractivity contribution in [2.75, 3.05) is 0 Å². The second kappa shape index (κ2) is 5.85. The predicted octanol–water partition coefficient (Wildman–Crippen LogP) is 3.31. The van der Waals surface area contributed by atoms with Crippen LogP contribution in [0.2, 0.25) is 0 Å². The zero-order chi connectivity index (χ0) is 20.7. The molecule has 2 N–H and O–H groups in total.